The first-order valence-corrected chi connectivity index (χ1v) is 7.15. The van der Waals surface area contributed by atoms with Crippen molar-refractivity contribution in [3.05, 3.63) is 76.1 Å². The first kappa shape index (κ1) is 17.2. The number of amides is 1. The lowest BCUT2D eigenvalue weighted by molar-refractivity contribution is -0.383. The number of hydrogen-bond acceptors (Lipinski definition) is 4. The molecule has 0 aliphatic rings. The summed E-state index contributed by atoms with van der Waals surface area (Å²) in [6.45, 7) is 0. The second-order valence-electron chi connectivity index (χ2n) is 4.60. The summed E-state index contributed by atoms with van der Waals surface area (Å²) >= 11 is 4.96. The predicted molar refractivity (Wildman–Crippen MR) is 92.9 cm³/mol. The smallest absolute Gasteiger partial charge is 0.292 e. The van der Waals surface area contributed by atoms with E-state index in [-0.39, 0.29) is 22.3 Å². The SMILES string of the molecule is O=C(/C=C/c1ccc(F)cc1)NC(=S)Nc1ccccc1[N+](=O)[O-]. The van der Waals surface area contributed by atoms with Crippen molar-refractivity contribution in [1.29, 1.82) is 0 Å². The van der Waals surface area contributed by atoms with Crippen LogP contribution in [0.15, 0.2) is 54.6 Å². The van der Waals surface area contributed by atoms with E-state index in [1.54, 1.807) is 6.07 Å². The normalized spacial score (nSPS) is 10.4. The lowest BCUT2D eigenvalue weighted by Gasteiger charge is -2.08. The van der Waals surface area contributed by atoms with E-state index in [1.807, 2.05) is 0 Å². The summed E-state index contributed by atoms with van der Waals surface area (Å²) in [6, 6.07) is 11.5. The average molecular weight is 345 g/mol. The van der Waals surface area contributed by atoms with Crippen LogP contribution in [-0.4, -0.2) is 15.9 Å². The molecule has 0 unspecified atom stereocenters. The van der Waals surface area contributed by atoms with Crippen LogP contribution in [0.25, 0.3) is 6.08 Å². The van der Waals surface area contributed by atoms with Gasteiger partial charge in [0.15, 0.2) is 5.11 Å². The van der Waals surface area contributed by atoms with Crippen molar-refractivity contribution in [3.8, 4) is 0 Å². The molecule has 24 heavy (non-hydrogen) atoms. The second-order valence-corrected chi connectivity index (χ2v) is 5.01. The lowest BCUT2D eigenvalue weighted by Crippen LogP contribution is -2.33. The number of carbonyl (C=O) groups excluding carboxylic acids is 1. The number of nitro groups is 1. The quantitative estimate of drug-likeness (QED) is 0.385. The van der Waals surface area contributed by atoms with Crippen molar-refractivity contribution < 1.29 is 14.1 Å². The highest BCUT2D eigenvalue weighted by atomic mass is 32.1. The van der Waals surface area contributed by atoms with Crippen LogP contribution in [0.4, 0.5) is 15.8 Å². The number of nitro benzene ring substituents is 1. The molecule has 122 valence electrons. The van der Waals surface area contributed by atoms with Gasteiger partial charge in [-0.2, -0.15) is 0 Å². The Hall–Kier alpha value is -3.13. The van der Waals surface area contributed by atoms with E-state index < -0.39 is 10.8 Å². The molecule has 2 aromatic rings. The summed E-state index contributed by atoms with van der Waals surface area (Å²) in [6.07, 6.45) is 2.71. The standard InChI is InChI=1S/C16H12FN3O3S/c17-12-8-5-11(6-9-12)7-10-15(21)19-16(24)18-13-3-1-2-4-14(13)20(22)23/h1-10H,(H2,18,19,21,24)/b10-7+. The molecule has 0 fully saturated rings. The van der Waals surface area contributed by atoms with Gasteiger partial charge in [-0.15, -0.1) is 0 Å². The maximum Gasteiger partial charge on any atom is 0.292 e. The number of para-hydroxylation sites is 2. The summed E-state index contributed by atoms with van der Waals surface area (Å²) in [5.41, 5.74) is 0.662. The highest BCUT2D eigenvalue weighted by Gasteiger charge is 2.13. The first-order chi connectivity index (χ1) is 11.5. The van der Waals surface area contributed by atoms with Gasteiger partial charge in [-0.1, -0.05) is 24.3 Å². The summed E-state index contributed by atoms with van der Waals surface area (Å²) in [4.78, 5) is 22.1. The average Bonchev–Trinajstić information content (AvgIpc) is 2.54. The molecule has 0 aliphatic carbocycles. The maximum atomic E-state index is 12.8. The van der Waals surface area contributed by atoms with Crippen LogP contribution >= 0.6 is 12.2 Å². The summed E-state index contributed by atoms with van der Waals surface area (Å²) in [7, 11) is 0. The maximum absolute atomic E-state index is 12.8. The Kier molecular flexibility index (Phi) is 5.69. The van der Waals surface area contributed by atoms with Gasteiger partial charge in [0, 0.05) is 12.1 Å². The minimum atomic E-state index is -0.554. The molecule has 0 radical (unpaired) electrons. The third-order valence-corrected chi connectivity index (χ3v) is 3.09. The molecule has 0 bridgehead atoms. The Labute approximate surface area is 142 Å². The minimum Gasteiger partial charge on any atom is -0.327 e. The Morgan fingerprint density at radius 1 is 1.17 bits per heavy atom. The monoisotopic (exact) mass is 345 g/mol. The van der Waals surface area contributed by atoms with E-state index in [0.717, 1.165) is 0 Å². The molecular weight excluding hydrogens is 333 g/mol. The van der Waals surface area contributed by atoms with Gasteiger partial charge in [0.2, 0.25) is 5.91 Å². The van der Waals surface area contributed by atoms with Crippen molar-refractivity contribution in [2.45, 2.75) is 0 Å². The van der Waals surface area contributed by atoms with Crippen molar-refractivity contribution >= 4 is 40.7 Å². The molecule has 0 spiro atoms. The van der Waals surface area contributed by atoms with Crippen LogP contribution in [-0.2, 0) is 4.79 Å². The van der Waals surface area contributed by atoms with Crippen LogP contribution in [0.1, 0.15) is 5.56 Å². The van der Waals surface area contributed by atoms with Crippen molar-refractivity contribution in [3.63, 3.8) is 0 Å². The Bertz CT molecular complexity index is 806. The zero-order chi connectivity index (χ0) is 17.5. The predicted octanol–water partition coefficient (Wildman–Crippen LogP) is 3.26. The molecule has 0 saturated carbocycles. The van der Waals surface area contributed by atoms with Crippen molar-refractivity contribution in [1.82, 2.24) is 5.32 Å². The zero-order valence-corrected chi connectivity index (χ0v) is 13.0. The fourth-order valence-corrected chi connectivity index (χ4v) is 2.00. The first-order valence-electron chi connectivity index (χ1n) is 6.75. The molecule has 6 nitrogen and oxygen atoms in total. The highest BCUT2D eigenvalue weighted by Crippen LogP contribution is 2.22. The molecule has 0 heterocycles. The summed E-state index contributed by atoms with van der Waals surface area (Å²) < 4.78 is 12.8. The number of hydrogen-bond donors (Lipinski definition) is 2. The van der Waals surface area contributed by atoms with Crippen LogP contribution in [0.5, 0.6) is 0 Å². The van der Waals surface area contributed by atoms with E-state index in [9.17, 15) is 19.3 Å². The number of nitrogens with zero attached hydrogens (tertiary/aromatic N) is 1. The van der Waals surface area contributed by atoms with E-state index in [1.165, 1.54) is 54.6 Å². The second kappa shape index (κ2) is 7.93. The van der Waals surface area contributed by atoms with Gasteiger partial charge in [-0.25, -0.2) is 4.39 Å². The van der Waals surface area contributed by atoms with Gasteiger partial charge < -0.3 is 5.32 Å². The molecule has 2 aromatic carbocycles. The zero-order valence-electron chi connectivity index (χ0n) is 12.2. The number of thiocarbonyl (C=S) groups is 1. The van der Waals surface area contributed by atoms with E-state index in [4.69, 9.17) is 12.2 Å². The fourth-order valence-electron chi connectivity index (χ4n) is 1.79. The number of rotatable bonds is 4. The highest BCUT2D eigenvalue weighted by molar-refractivity contribution is 7.80. The Balaban J connectivity index is 1.96. The fraction of sp³-hybridized carbons (Fsp3) is 0. The van der Waals surface area contributed by atoms with Gasteiger partial charge in [0.05, 0.1) is 4.92 Å². The van der Waals surface area contributed by atoms with Gasteiger partial charge in [-0.05, 0) is 42.1 Å². The van der Waals surface area contributed by atoms with Crippen LogP contribution in [0.3, 0.4) is 0 Å². The molecule has 2 rings (SSSR count). The van der Waals surface area contributed by atoms with Crippen LogP contribution < -0.4 is 10.6 Å². The lowest BCUT2D eigenvalue weighted by atomic mass is 10.2. The third-order valence-electron chi connectivity index (χ3n) is 2.88. The van der Waals surface area contributed by atoms with Gasteiger partial charge >= 0.3 is 0 Å². The molecule has 0 aromatic heterocycles. The molecule has 0 aliphatic heterocycles. The van der Waals surface area contributed by atoms with E-state index in [2.05, 4.69) is 10.6 Å². The minimum absolute atomic E-state index is 0.0712. The molecular formula is C16H12FN3O3S. The van der Waals surface area contributed by atoms with Gasteiger partial charge in [0.1, 0.15) is 11.5 Å². The van der Waals surface area contributed by atoms with E-state index >= 15 is 0 Å². The van der Waals surface area contributed by atoms with Crippen molar-refractivity contribution in [2.75, 3.05) is 5.32 Å². The molecule has 0 saturated heterocycles. The van der Waals surface area contributed by atoms with E-state index in [0.29, 0.717) is 5.56 Å². The van der Waals surface area contributed by atoms with Crippen LogP contribution in [0.2, 0.25) is 0 Å². The number of carbonyl (C=O) groups is 1. The number of halogens is 1. The number of benzene rings is 2. The molecule has 2 N–H and O–H groups in total. The third kappa shape index (κ3) is 4.96. The van der Waals surface area contributed by atoms with Crippen molar-refractivity contribution in [2.24, 2.45) is 0 Å². The molecule has 1 amide bonds. The van der Waals surface area contributed by atoms with Gasteiger partial charge in [0.25, 0.3) is 5.69 Å². The Morgan fingerprint density at radius 3 is 2.50 bits per heavy atom. The number of nitrogens with one attached hydrogen (secondary N) is 2. The van der Waals surface area contributed by atoms with Gasteiger partial charge in [-0.3, -0.25) is 20.2 Å². The molecule has 8 heteroatoms. The van der Waals surface area contributed by atoms with Crippen LogP contribution in [0, 0.1) is 15.9 Å². The summed E-state index contributed by atoms with van der Waals surface area (Å²) in [5.74, 6) is -0.887. The summed E-state index contributed by atoms with van der Waals surface area (Å²) in [5, 5.41) is 15.8. The Morgan fingerprint density at radius 2 is 1.83 bits per heavy atom. The number of anilines is 1. The largest absolute Gasteiger partial charge is 0.327 e. The molecule has 0 atom stereocenters. The topological polar surface area (TPSA) is 84.3 Å².